The monoisotopic (exact) mass is 992 g/mol. The minimum Gasteiger partial charge on any atom is -0.512 e. The zero-order chi connectivity index (χ0) is 41.2. The van der Waals surface area contributed by atoms with Gasteiger partial charge in [-0.3, -0.25) is 9.78 Å². The third kappa shape index (κ3) is 12.8. The number of allylic oxidation sites excluding steroid dienone is 2. The van der Waals surface area contributed by atoms with Crippen LogP contribution < -0.4 is 9.69 Å². The third-order valence-electron chi connectivity index (χ3n) is 11.3. The number of rotatable bonds is 18. The summed E-state index contributed by atoms with van der Waals surface area (Å²) < 4.78 is 2.94. The number of nitrogens with zero attached hydrogens (tertiary/aromatic N) is 2. The van der Waals surface area contributed by atoms with Crippen molar-refractivity contribution < 1.29 is 30.0 Å². The molecule has 0 unspecified atom stereocenters. The number of thiophene rings is 1. The van der Waals surface area contributed by atoms with Crippen LogP contribution in [0.2, 0.25) is 37.3 Å². The molecule has 0 bridgehead atoms. The van der Waals surface area contributed by atoms with E-state index in [1.54, 1.807) is 10.8 Å². The van der Waals surface area contributed by atoms with Gasteiger partial charge in [-0.15, -0.1) is 40.1 Å². The number of aromatic nitrogens is 2. The van der Waals surface area contributed by atoms with Gasteiger partial charge in [-0.05, 0) is 66.3 Å². The second kappa shape index (κ2) is 22.4. The van der Waals surface area contributed by atoms with Gasteiger partial charge < -0.3 is 5.11 Å². The molecule has 0 aliphatic carbocycles. The Bertz CT molecular complexity index is 1850. The number of fused-ring (bicyclic) bond motifs is 2. The van der Waals surface area contributed by atoms with Gasteiger partial charge in [-0.25, -0.2) is 4.98 Å². The molecule has 4 nitrogen and oxygen atoms in total. The molecule has 4 aromatic rings. The van der Waals surface area contributed by atoms with E-state index in [1.807, 2.05) is 39.0 Å². The first-order valence-electron chi connectivity index (χ1n) is 21.5. The maximum absolute atomic E-state index is 11.7. The summed E-state index contributed by atoms with van der Waals surface area (Å²) >= 11 is 2.04. The number of aliphatic hydroxyl groups excluding tert-OH is 1. The number of benzene rings is 2. The average Bonchev–Trinajstić information content (AvgIpc) is 3.44. The molecule has 0 aliphatic heterocycles. The van der Waals surface area contributed by atoms with Crippen molar-refractivity contribution in [3.63, 3.8) is 0 Å². The van der Waals surface area contributed by atoms with E-state index < -0.39 is 16.1 Å². The molecule has 0 amide bonds. The van der Waals surface area contributed by atoms with E-state index in [1.165, 1.54) is 62.0 Å². The van der Waals surface area contributed by atoms with Crippen LogP contribution in [0.4, 0.5) is 0 Å². The molecule has 8 heteroatoms. The number of aryl methyl sites for hydroxylation is 1. The molecule has 0 spiro atoms. The molecule has 1 radical (unpaired) electrons. The van der Waals surface area contributed by atoms with Gasteiger partial charge in [0, 0.05) is 48.4 Å². The molecule has 56 heavy (non-hydrogen) atoms. The first-order chi connectivity index (χ1) is 25.8. The molecular formula is C48H75IrN2O2SSi2-. The summed E-state index contributed by atoms with van der Waals surface area (Å²) in [5.74, 6) is 3.32. The van der Waals surface area contributed by atoms with E-state index in [2.05, 4.69) is 112 Å². The van der Waals surface area contributed by atoms with Crippen LogP contribution in [0.3, 0.4) is 0 Å². The summed E-state index contributed by atoms with van der Waals surface area (Å²) in [4.78, 5) is 21.6. The average molecular weight is 993 g/mol. The zero-order valence-corrected chi connectivity index (χ0v) is 42.9. The molecule has 0 atom stereocenters. The molecule has 2 aromatic heterocycles. The summed E-state index contributed by atoms with van der Waals surface area (Å²) in [6.07, 6.45) is 6.71. The summed E-state index contributed by atoms with van der Waals surface area (Å²) in [5, 5.41) is 13.9. The Morgan fingerprint density at radius 2 is 1.32 bits per heavy atom. The summed E-state index contributed by atoms with van der Waals surface area (Å²) in [5.41, 5.74) is 4.81. The van der Waals surface area contributed by atoms with Crippen molar-refractivity contribution in [2.24, 2.45) is 35.5 Å². The van der Waals surface area contributed by atoms with Gasteiger partial charge in [-0.2, -0.15) is 0 Å². The molecule has 2 heterocycles. The maximum atomic E-state index is 11.7. The SMILES string of the molecule is CCC(CC)C(=O)/C=C(\O)C(CC)CC.Cc1c([Si](CC(C)C)(CC(C)C)CC(C)C)sc2c(-c3[c-]c4ccccc4c([Si](C)(C)CC(C)C)c3)ncnc12.[Ir]. The first-order valence-corrected chi connectivity index (χ1v) is 28.1. The van der Waals surface area contributed by atoms with Crippen molar-refractivity contribution in [1.82, 2.24) is 9.97 Å². The second-order valence-electron chi connectivity index (χ2n) is 18.7. The van der Waals surface area contributed by atoms with Crippen LogP contribution in [-0.4, -0.2) is 37.0 Å². The second-order valence-corrected chi connectivity index (χ2v) is 29.0. The molecular weight excluding hydrogens is 917 g/mol. The predicted octanol–water partition coefficient (Wildman–Crippen LogP) is 13.7. The van der Waals surface area contributed by atoms with Gasteiger partial charge in [0.05, 0.1) is 19.3 Å². The maximum Gasteiger partial charge on any atom is 0.162 e. The van der Waals surface area contributed by atoms with E-state index in [0.717, 1.165) is 36.9 Å². The van der Waals surface area contributed by atoms with Crippen LogP contribution in [0.1, 0.15) is 114 Å². The Kier molecular flexibility index (Phi) is 20.1. The third-order valence-corrected chi connectivity index (χ3v) is 23.9. The fourth-order valence-corrected chi connectivity index (χ4v) is 22.8. The van der Waals surface area contributed by atoms with Crippen LogP contribution in [0.15, 0.2) is 48.5 Å². The smallest absolute Gasteiger partial charge is 0.162 e. The first kappa shape index (κ1) is 50.2. The van der Waals surface area contributed by atoms with Gasteiger partial charge in [0.25, 0.3) is 0 Å². The molecule has 1 N–H and O–H groups in total. The molecule has 0 fully saturated rings. The van der Waals surface area contributed by atoms with Gasteiger partial charge in [-0.1, -0.05) is 150 Å². The van der Waals surface area contributed by atoms with E-state index in [-0.39, 0.29) is 43.5 Å². The number of hydrogen-bond donors (Lipinski definition) is 1. The summed E-state index contributed by atoms with van der Waals surface area (Å²) in [6.45, 7) is 34.7. The van der Waals surface area contributed by atoms with Gasteiger partial charge in [0.15, 0.2) is 5.78 Å². The Hall–Kier alpha value is -1.97. The molecule has 0 saturated carbocycles. The van der Waals surface area contributed by atoms with Crippen LogP contribution in [0, 0.1) is 48.5 Å². The topological polar surface area (TPSA) is 63.1 Å². The summed E-state index contributed by atoms with van der Waals surface area (Å²) in [7, 11) is -3.45. The van der Waals surface area contributed by atoms with Crippen molar-refractivity contribution in [2.75, 3.05) is 0 Å². The van der Waals surface area contributed by atoms with Gasteiger partial charge >= 0.3 is 0 Å². The van der Waals surface area contributed by atoms with Crippen molar-refractivity contribution in [2.45, 2.75) is 153 Å². The van der Waals surface area contributed by atoms with Crippen molar-refractivity contribution >= 4 is 63.9 Å². The standard InChI is InChI=1S/C35H51N2SSi2.C13H24O2.Ir/c1-23(2)18-39(10,11)31-17-29(16-28-14-12-13-15-30(28)31)33-34-32(36-22-37-33)27(9)35(38-34)40(19-24(3)4,20-25(5)6)21-26(7)8;1-5-10(6-2)12(14)9-13(15)11(7-3)8-4;/h12-15,17,22-26H,18-21H2,1-11H3;9-11,14H,5-8H2,1-4H3;/q-1;;/b;12-9-;. The Morgan fingerprint density at radius 3 is 1.82 bits per heavy atom. The fraction of sp³-hybridized carbons (Fsp3) is 0.604. The zero-order valence-electron chi connectivity index (χ0n) is 37.7. The molecule has 0 aliphatic rings. The minimum absolute atomic E-state index is 0. The molecule has 313 valence electrons. The van der Waals surface area contributed by atoms with Crippen LogP contribution in [0.5, 0.6) is 0 Å². The van der Waals surface area contributed by atoms with Crippen LogP contribution >= 0.6 is 11.3 Å². The minimum atomic E-state index is -1.77. The van der Waals surface area contributed by atoms with Gasteiger partial charge in [0.2, 0.25) is 0 Å². The molecule has 2 aromatic carbocycles. The van der Waals surface area contributed by atoms with E-state index in [4.69, 9.17) is 9.97 Å². The van der Waals surface area contributed by atoms with E-state index >= 15 is 0 Å². The quantitative estimate of drug-likeness (QED) is 0.0467. The molecule has 0 saturated heterocycles. The normalized spacial score (nSPS) is 12.8. The number of aliphatic hydroxyl groups is 1. The van der Waals surface area contributed by atoms with Crippen molar-refractivity contribution in [1.29, 1.82) is 0 Å². The summed E-state index contributed by atoms with van der Waals surface area (Å²) in [6, 6.07) is 20.4. The Balaban J connectivity index is 0.000000576. The number of carbonyl (C=O) groups excluding carboxylic acids is 1. The Labute approximate surface area is 361 Å². The number of carbonyl (C=O) groups is 1. The van der Waals surface area contributed by atoms with E-state index in [0.29, 0.717) is 23.7 Å². The van der Waals surface area contributed by atoms with Crippen LogP contribution in [-0.2, 0) is 24.9 Å². The largest absolute Gasteiger partial charge is 0.512 e. The predicted molar refractivity (Wildman–Crippen MR) is 249 cm³/mol. The van der Waals surface area contributed by atoms with Gasteiger partial charge in [0.1, 0.15) is 14.4 Å². The Morgan fingerprint density at radius 1 is 0.804 bits per heavy atom. The van der Waals surface area contributed by atoms with Crippen molar-refractivity contribution in [3.05, 3.63) is 60.1 Å². The number of ketones is 1. The fourth-order valence-electron chi connectivity index (χ4n) is 9.42. The van der Waals surface area contributed by atoms with Crippen molar-refractivity contribution in [3.8, 4) is 11.3 Å². The van der Waals surface area contributed by atoms with Crippen LogP contribution in [0.25, 0.3) is 32.2 Å². The van der Waals surface area contributed by atoms with E-state index in [9.17, 15) is 9.90 Å². The molecule has 4 rings (SSSR count). The number of hydrogen-bond acceptors (Lipinski definition) is 5.